The third kappa shape index (κ3) is 2.99. The maximum atomic E-state index is 15.4. The first kappa shape index (κ1) is 19.5. The molecule has 0 unspecified atom stereocenters. The molecule has 6 heteroatoms. The summed E-state index contributed by atoms with van der Waals surface area (Å²) in [6.07, 6.45) is 1.87. The number of thioether (sulfide) groups is 1. The second-order valence-corrected chi connectivity index (χ2v) is 8.38. The quantitative estimate of drug-likeness (QED) is 0.757. The summed E-state index contributed by atoms with van der Waals surface area (Å²) in [4.78, 5) is 26.8. The molecule has 29 heavy (non-hydrogen) atoms. The lowest BCUT2D eigenvalue weighted by Crippen LogP contribution is -2.34. The van der Waals surface area contributed by atoms with E-state index in [9.17, 15) is 9.59 Å². The number of hydrogen-bond donors (Lipinski definition) is 1. The van der Waals surface area contributed by atoms with Gasteiger partial charge in [0.15, 0.2) is 0 Å². The van der Waals surface area contributed by atoms with Crippen LogP contribution in [-0.4, -0.2) is 24.1 Å². The molecular weight excluding hydrogens is 387 g/mol. The molecule has 0 atom stereocenters. The third-order valence-corrected chi connectivity index (χ3v) is 6.77. The number of nitrogens with two attached hydrogens (primary N) is 1. The highest BCUT2D eigenvalue weighted by Gasteiger charge is 2.31. The Hall–Kier alpha value is -2.86. The lowest BCUT2D eigenvalue weighted by molar-refractivity contribution is -0.114. The van der Waals surface area contributed by atoms with Gasteiger partial charge in [-0.25, -0.2) is 4.39 Å². The first-order valence-electron chi connectivity index (χ1n) is 9.37. The predicted octanol–water partition coefficient (Wildman–Crippen LogP) is 4.57. The van der Waals surface area contributed by atoms with E-state index in [1.165, 1.54) is 12.1 Å². The van der Waals surface area contributed by atoms with Crippen molar-refractivity contribution in [2.75, 3.05) is 17.2 Å². The smallest absolute Gasteiger partial charge is 0.250 e. The minimum absolute atomic E-state index is 0.176. The van der Waals surface area contributed by atoms with Gasteiger partial charge in [0.1, 0.15) is 5.82 Å². The molecule has 1 heterocycles. The molecule has 2 N–H and O–H groups in total. The van der Waals surface area contributed by atoms with Crippen LogP contribution in [0, 0.1) is 5.82 Å². The second-order valence-electron chi connectivity index (χ2n) is 7.28. The van der Waals surface area contributed by atoms with Gasteiger partial charge in [-0.2, -0.15) is 0 Å². The zero-order chi connectivity index (χ0) is 20.9. The number of benzene rings is 2. The van der Waals surface area contributed by atoms with Crippen LogP contribution in [0.4, 0.5) is 10.1 Å². The van der Waals surface area contributed by atoms with Crippen molar-refractivity contribution < 1.29 is 14.0 Å². The summed E-state index contributed by atoms with van der Waals surface area (Å²) in [5.41, 5.74) is 11.3. The van der Waals surface area contributed by atoms with Crippen LogP contribution in [0.5, 0.6) is 0 Å². The van der Waals surface area contributed by atoms with Gasteiger partial charge in [-0.1, -0.05) is 24.3 Å². The number of allylic oxidation sites excluding steroid dienone is 2. The SMILES string of the molecule is C=CC(=O)N1CCSc2c(-c3c(F)cc(C(N)=O)c4c3C(C)=C(C)C4)cccc21. The Morgan fingerprint density at radius 2 is 2.03 bits per heavy atom. The normalized spacial score (nSPS) is 15.2. The summed E-state index contributed by atoms with van der Waals surface area (Å²) >= 11 is 1.61. The molecule has 0 aromatic heterocycles. The van der Waals surface area contributed by atoms with E-state index in [1.807, 2.05) is 32.0 Å². The molecule has 4 rings (SSSR count). The fraction of sp³-hybridized carbons (Fsp3) is 0.217. The summed E-state index contributed by atoms with van der Waals surface area (Å²) in [6.45, 7) is 8.10. The molecule has 2 aromatic carbocycles. The minimum atomic E-state index is -0.624. The zero-order valence-electron chi connectivity index (χ0n) is 16.3. The molecule has 0 fully saturated rings. The lowest BCUT2D eigenvalue weighted by atomic mass is 9.90. The monoisotopic (exact) mass is 408 g/mol. The first-order valence-corrected chi connectivity index (χ1v) is 10.4. The number of hydrogen-bond acceptors (Lipinski definition) is 3. The molecular formula is C23H21FN2O2S. The number of nitrogens with zero attached hydrogens (tertiary/aromatic N) is 1. The molecule has 0 radical (unpaired) electrons. The molecule has 0 saturated heterocycles. The zero-order valence-corrected chi connectivity index (χ0v) is 17.2. The van der Waals surface area contributed by atoms with Crippen molar-refractivity contribution in [2.45, 2.75) is 25.2 Å². The number of primary amides is 1. The van der Waals surface area contributed by atoms with Gasteiger partial charge in [-0.15, -0.1) is 11.8 Å². The number of amides is 2. The number of anilines is 1. The van der Waals surface area contributed by atoms with Gasteiger partial charge in [0.25, 0.3) is 0 Å². The number of carbonyl (C=O) groups is 2. The maximum Gasteiger partial charge on any atom is 0.250 e. The Morgan fingerprint density at radius 1 is 1.28 bits per heavy atom. The van der Waals surface area contributed by atoms with Gasteiger partial charge >= 0.3 is 0 Å². The van der Waals surface area contributed by atoms with Crippen molar-refractivity contribution in [3.05, 3.63) is 65.0 Å². The highest BCUT2D eigenvalue weighted by atomic mass is 32.2. The summed E-state index contributed by atoms with van der Waals surface area (Å²) in [7, 11) is 0. The van der Waals surface area contributed by atoms with Crippen LogP contribution < -0.4 is 10.6 Å². The molecule has 2 aliphatic rings. The fourth-order valence-electron chi connectivity index (χ4n) is 4.17. The number of rotatable bonds is 3. The Balaban J connectivity index is 2.01. The standard InChI is InChI=1S/C23H21FN2O2S/c1-4-19(27)26-8-9-29-22-14(6-5-7-18(22)26)21-17(24)11-16(23(25)28)15-10-12(2)13(3)20(15)21/h4-7,11H,1,8-10H2,2-3H3,(H2,25,28). The van der Waals surface area contributed by atoms with E-state index in [1.54, 1.807) is 16.7 Å². The highest BCUT2D eigenvalue weighted by molar-refractivity contribution is 7.99. The van der Waals surface area contributed by atoms with Gasteiger partial charge in [-0.05, 0) is 55.2 Å². The van der Waals surface area contributed by atoms with Crippen LogP contribution in [0.2, 0.25) is 0 Å². The van der Waals surface area contributed by atoms with Crippen LogP contribution in [0.15, 0.2) is 47.4 Å². The van der Waals surface area contributed by atoms with E-state index in [0.717, 1.165) is 38.4 Å². The topological polar surface area (TPSA) is 63.4 Å². The summed E-state index contributed by atoms with van der Waals surface area (Å²) in [6, 6.07) is 6.83. The van der Waals surface area contributed by atoms with Crippen molar-refractivity contribution >= 4 is 34.8 Å². The summed E-state index contributed by atoms with van der Waals surface area (Å²) in [5, 5.41) is 0. The third-order valence-electron chi connectivity index (χ3n) is 5.67. The maximum absolute atomic E-state index is 15.4. The molecule has 1 aliphatic heterocycles. The summed E-state index contributed by atoms with van der Waals surface area (Å²) < 4.78 is 15.4. The second kappa shape index (κ2) is 7.19. The van der Waals surface area contributed by atoms with Crippen LogP contribution in [0.1, 0.15) is 35.3 Å². The molecule has 0 spiro atoms. The van der Waals surface area contributed by atoms with E-state index in [0.29, 0.717) is 24.3 Å². The molecule has 4 nitrogen and oxygen atoms in total. The average molecular weight is 408 g/mol. The molecule has 2 aromatic rings. The predicted molar refractivity (Wildman–Crippen MR) is 116 cm³/mol. The van der Waals surface area contributed by atoms with Crippen molar-refractivity contribution in [1.82, 2.24) is 0 Å². The van der Waals surface area contributed by atoms with Crippen molar-refractivity contribution in [2.24, 2.45) is 5.73 Å². The highest BCUT2D eigenvalue weighted by Crippen LogP contribution is 2.48. The number of carbonyl (C=O) groups excluding carboxylic acids is 2. The van der Waals surface area contributed by atoms with E-state index in [-0.39, 0.29) is 11.5 Å². The van der Waals surface area contributed by atoms with E-state index < -0.39 is 11.7 Å². The van der Waals surface area contributed by atoms with Gasteiger partial charge in [0.2, 0.25) is 11.8 Å². The molecule has 0 bridgehead atoms. The van der Waals surface area contributed by atoms with Crippen LogP contribution >= 0.6 is 11.8 Å². The molecule has 1 aliphatic carbocycles. The first-order chi connectivity index (χ1) is 13.8. The molecule has 2 amide bonds. The Bertz CT molecular complexity index is 1120. The van der Waals surface area contributed by atoms with Crippen LogP contribution in [-0.2, 0) is 11.2 Å². The lowest BCUT2D eigenvalue weighted by Gasteiger charge is -2.30. The minimum Gasteiger partial charge on any atom is -0.366 e. The Morgan fingerprint density at radius 3 is 2.72 bits per heavy atom. The van der Waals surface area contributed by atoms with E-state index >= 15 is 4.39 Å². The van der Waals surface area contributed by atoms with E-state index in [4.69, 9.17) is 5.73 Å². The largest absolute Gasteiger partial charge is 0.366 e. The van der Waals surface area contributed by atoms with Gasteiger partial charge in [-0.3, -0.25) is 9.59 Å². The summed E-state index contributed by atoms with van der Waals surface area (Å²) in [5.74, 6) is -0.569. The van der Waals surface area contributed by atoms with Gasteiger partial charge < -0.3 is 10.6 Å². The van der Waals surface area contributed by atoms with Gasteiger partial charge in [0, 0.05) is 33.9 Å². The van der Waals surface area contributed by atoms with Crippen molar-refractivity contribution in [1.29, 1.82) is 0 Å². The number of fused-ring (bicyclic) bond motifs is 2. The fourth-order valence-corrected chi connectivity index (χ4v) is 5.30. The Labute approximate surface area is 173 Å². The Kier molecular flexibility index (Phi) is 4.82. The molecule has 0 saturated carbocycles. The molecule has 148 valence electrons. The van der Waals surface area contributed by atoms with Crippen molar-refractivity contribution in [3.63, 3.8) is 0 Å². The van der Waals surface area contributed by atoms with Crippen LogP contribution in [0.3, 0.4) is 0 Å². The average Bonchev–Trinajstić information content (AvgIpc) is 3.00. The van der Waals surface area contributed by atoms with Crippen LogP contribution in [0.25, 0.3) is 16.7 Å². The van der Waals surface area contributed by atoms with E-state index in [2.05, 4.69) is 6.58 Å². The number of halogens is 1. The van der Waals surface area contributed by atoms with Crippen molar-refractivity contribution in [3.8, 4) is 11.1 Å². The van der Waals surface area contributed by atoms with Gasteiger partial charge in [0.05, 0.1) is 5.69 Å².